The average Bonchev–Trinajstić information content (AvgIpc) is 3.07. The Morgan fingerprint density at radius 1 is 1.52 bits per heavy atom. The van der Waals surface area contributed by atoms with Crippen LogP contribution >= 0.6 is 0 Å². The molecule has 1 N–H and O–H groups in total. The summed E-state index contributed by atoms with van der Waals surface area (Å²) in [6.07, 6.45) is 5.36. The Hall–Kier alpha value is -2.23. The van der Waals surface area contributed by atoms with Gasteiger partial charge in [0.25, 0.3) is 0 Å². The Bertz CT molecular complexity index is 674. The molecule has 0 radical (unpaired) electrons. The number of rotatable bonds is 5. The molecule has 0 bridgehead atoms. The largest absolute Gasteiger partial charge is 0.497 e. The molecule has 1 atom stereocenters. The van der Waals surface area contributed by atoms with E-state index in [-0.39, 0.29) is 5.91 Å². The maximum absolute atomic E-state index is 11.9. The van der Waals surface area contributed by atoms with E-state index in [0.717, 1.165) is 30.8 Å². The Labute approximate surface area is 124 Å². The molecule has 4 heteroatoms. The molecule has 0 aliphatic carbocycles. The van der Waals surface area contributed by atoms with Gasteiger partial charge in [-0.15, -0.1) is 6.58 Å². The van der Waals surface area contributed by atoms with Crippen LogP contribution in [0, 0.1) is 5.92 Å². The molecular weight excluding hydrogens is 264 g/mol. The van der Waals surface area contributed by atoms with Crippen molar-refractivity contribution in [1.29, 1.82) is 0 Å². The fraction of sp³-hybridized carbons (Fsp3) is 0.353. The van der Waals surface area contributed by atoms with E-state index in [4.69, 9.17) is 4.74 Å². The van der Waals surface area contributed by atoms with Crippen molar-refractivity contribution < 1.29 is 9.53 Å². The summed E-state index contributed by atoms with van der Waals surface area (Å²) in [5.41, 5.74) is 2.32. The molecule has 1 aromatic carbocycles. The lowest BCUT2D eigenvalue weighted by Crippen LogP contribution is -2.27. The van der Waals surface area contributed by atoms with Gasteiger partial charge in [-0.05, 0) is 30.2 Å². The minimum absolute atomic E-state index is 0.234. The lowest BCUT2D eigenvalue weighted by molar-refractivity contribution is -0.127. The molecule has 0 spiro atoms. The number of carbonyl (C=O) groups excluding carboxylic acids is 1. The Kier molecular flexibility index (Phi) is 3.69. The number of hydrogen-bond donors (Lipinski definition) is 1. The number of likely N-dealkylation sites (tertiary alicyclic amines) is 1. The van der Waals surface area contributed by atoms with Crippen LogP contribution in [-0.4, -0.2) is 36.0 Å². The monoisotopic (exact) mass is 284 g/mol. The van der Waals surface area contributed by atoms with Gasteiger partial charge in [-0.2, -0.15) is 0 Å². The molecule has 1 unspecified atom stereocenters. The van der Waals surface area contributed by atoms with E-state index >= 15 is 0 Å². The van der Waals surface area contributed by atoms with Crippen molar-refractivity contribution in [2.45, 2.75) is 12.8 Å². The number of nitrogens with zero attached hydrogens (tertiary/aromatic N) is 1. The maximum Gasteiger partial charge on any atom is 0.223 e. The van der Waals surface area contributed by atoms with Gasteiger partial charge < -0.3 is 14.6 Å². The summed E-state index contributed by atoms with van der Waals surface area (Å²) in [6.45, 7) is 5.34. The zero-order chi connectivity index (χ0) is 14.8. The number of amides is 1. The van der Waals surface area contributed by atoms with E-state index in [2.05, 4.69) is 11.6 Å². The first-order valence-corrected chi connectivity index (χ1v) is 7.25. The van der Waals surface area contributed by atoms with Crippen molar-refractivity contribution in [3.05, 3.63) is 42.6 Å². The standard InChI is InChI=1S/C17H20N2O2/c1-3-12-8-17(20)19(11-12)7-6-13-10-18-16-5-4-14(21-2)9-15(13)16/h3-5,9-10,12,18H,1,6-8,11H2,2H3. The molecule has 1 saturated heterocycles. The molecule has 1 aliphatic heterocycles. The van der Waals surface area contributed by atoms with Crippen molar-refractivity contribution in [2.24, 2.45) is 5.92 Å². The van der Waals surface area contributed by atoms with Gasteiger partial charge in [0.1, 0.15) is 5.75 Å². The topological polar surface area (TPSA) is 45.3 Å². The summed E-state index contributed by atoms with van der Waals surface area (Å²) in [5, 5.41) is 1.17. The van der Waals surface area contributed by atoms with E-state index in [0.29, 0.717) is 12.3 Å². The second-order valence-corrected chi connectivity index (χ2v) is 5.52. The first-order chi connectivity index (χ1) is 10.2. The first kappa shape index (κ1) is 13.7. The van der Waals surface area contributed by atoms with Crippen LogP contribution < -0.4 is 4.74 Å². The van der Waals surface area contributed by atoms with Crippen molar-refractivity contribution in [3.63, 3.8) is 0 Å². The summed E-state index contributed by atoms with van der Waals surface area (Å²) in [4.78, 5) is 17.1. The van der Waals surface area contributed by atoms with Gasteiger partial charge in [-0.3, -0.25) is 4.79 Å². The lowest BCUT2D eigenvalue weighted by atomic mass is 10.1. The quantitative estimate of drug-likeness (QED) is 0.858. The fourth-order valence-electron chi connectivity index (χ4n) is 2.92. The zero-order valence-electron chi connectivity index (χ0n) is 12.3. The Morgan fingerprint density at radius 3 is 3.10 bits per heavy atom. The second kappa shape index (κ2) is 5.64. The van der Waals surface area contributed by atoms with E-state index in [1.165, 1.54) is 10.9 Å². The number of methoxy groups -OCH3 is 1. The van der Waals surface area contributed by atoms with Crippen LogP contribution in [0.2, 0.25) is 0 Å². The molecule has 0 saturated carbocycles. The van der Waals surface area contributed by atoms with Gasteiger partial charge in [0.15, 0.2) is 0 Å². The summed E-state index contributed by atoms with van der Waals surface area (Å²) in [6, 6.07) is 6.01. The number of carbonyl (C=O) groups is 1. The number of H-pyrrole nitrogens is 1. The highest BCUT2D eigenvalue weighted by Crippen LogP contribution is 2.25. The van der Waals surface area contributed by atoms with Crippen molar-refractivity contribution in [2.75, 3.05) is 20.2 Å². The zero-order valence-corrected chi connectivity index (χ0v) is 12.3. The Balaban J connectivity index is 1.73. The van der Waals surface area contributed by atoms with Crippen LogP contribution in [0.5, 0.6) is 5.75 Å². The van der Waals surface area contributed by atoms with Gasteiger partial charge >= 0.3 is 0 Å². The number of ether oxygens (including phenoxy) is 1. The van der Waals surface area contributed by atoms with E-state index < -0.39 is 0 Å². The van der Waals surface area contributed by atoms with Crippen LogP contribution in [0.4, 0.5) is 0 Å². The summed E-state index contributed by atoms with van der Waals surface area (Å²) in [7, 11) is 1.67. The molecule has 2 aromatic rings. The van der Waals surface area contributed by atoms with Gasteiger partial charge in [0, 0.05) is 42.5 Å². The molecule has 1 aromatic heterocycles. The number of aromatic amines is 1. The molecular formula is C17H20N2O2. The van der Waals surface area contributed by atoms with Gasteiger partial charge in [0.05, 0.1) is 7.11 Å². The minimum Gasteiger partial charge on any atom is -0.497 e. The molecule has 3 rings (SSSR count). The number of nitrogens with one attached hydrogen (secondary N) is 1. The number of aromatic nitrogens is 1. The number of hydrogen-bond acceptors (Lipinski definition) is 2. The highest BCUT2D eigenvalue weighted by Gasteiger charge is 2.27. The smallest absolute Gasteiger partial charge is 0.223 e. The van der Waals surface area contributed by atoms with Crippen LogP contribution in [0.15, 0.2) is 37.1 Å². The molecule has 1 aliphatic rings. The third kappa shape index (κ3) is 2.66. The normalized spacial score (nSPS) is 18.4. The van der Waals surface area contributed by atoms with E-state index in [1.54, 1.807) is 7.11 Å². The SMILES string of the molecule is C=CC1CC(=O)N(CCc2c[nH]c3ccc(OC)cc23)C1. The highest BCUT2D eigenvalue weighted by molar-refractivity contribution is 5.85. The van der Waals surface area contributed by atoms with Crippen LogP contribution in [0.1, 0.15) is 12.0 Å². The molecule has 2 heterocycles. The maximum atomic E-state index is 11.9. The van der Waals surface area contributed by atoms with Crippen LogP contribution in [-0.2, 0) is 11.2 Å². The lowest BCUT2D eigenvalue weighted by Gasteiger charge is -2.15. The molecule has 1 fully saturated rings. The number of benzene rings is 1. The summed E-state index contributed by atoms with van der Waals surface area (Å²) < 4.78 is 5.28. The second-order valence-electron chi connectivity index (χ2n) is 5.52. The molecule has 1 amide bonds. The third-order valence-electron chi connectivity index (χ3n) is 4.20. The van der Waals surface area contributed by atoms with Crippen molar-refractivity contribution in [1.82, 2.24) is 9.88 Å². The number of fused-ring (bicyclic) bond motifs is 1. The van der Waals surface area contributed by atoms with Crippen molar-refractivity contribution >= 4 is 16.8 Å². The van der Waals surface area contributed by atoms with Crippen LogP contribution in [0.3, 0.4) is 0 Å². The molecule has 21 heavy (non-hydrogen) atoms. The van der Waals surface area contributed by atoms with Crippen molar-refractivity contribution in [3.8, 4) is 5.75 Å². The minimum atomic E-state index is 0.234. The first-order valence-electron chi connectivity index (χ1n) is 7.25. The summed E-state index contributed by atoms with van der Waals surface area (Å²) >= 11 is 0. The van der Waals surface area contributed by atoms with Gasteiger partial charge in [0.2, 0.25) is 5.91 Å². The summed E-state index contributed by atoms with van der Waals surface area (Å²) in [5.74, 6) is 1.39. The highest BCUT2D eigenvalue weighted by atomic mass is 16.5. The Morgan fingerprint density at radius 2 is 2.38 bits per heavy atom. The third-order valence-corrected chi connectivity index (χ3v) is 4.20. The molecule has 110 valence electrons. The predicted octanol–water partition coefficient (Wildman–Crippen LogP) is 2.75. The predicted molar refractivity (Wildman–Crippen MR) is 83.4 cm³/mol. The van der Waals surface area contributed by atoms with E-state index in [1.807, 2.05) is 35.4 Å². The average molecular weight is 284 g/mol. The van der Waals surface area contributed by atoms with Gasteiger partial charge in [-0.1, -0.05) is 6.08 Å². The van der Waals surface area contributed by atoms with E-state index in [9.17, 15) is 4.79 Å². The van der Waals surface area contributed by atoms with Gasteiger partial charge in [-0.25, -0.2) is 0 Å². The fourth-order valence-corrected chi connectivity index (χ4v) is 2.92. The molecule has 4 nitrogen and oxygen atoms in total. The van der Waals surface area contributed by atoms with Crippen LogP contribution in [0.25, 0.3) is 10.9 Å².